The second kappa shape index (κ2) is 8.01. The van der Waals surface area contributed by atoms with Crippen molar-refractivity contribution < 1.29 is 9.53 Å². The predicted molar refractivity (Wildman–Crippen MR) is 129 cm³/mol. The van der Waals surface area contributed by atoms with Crippen molar-refractivity contribution in [1.82, 2.24) is 4.90 Å². The van der Waals surface area contributed by atoms with Crippen molar-refractivity contribution in [2.45, 2.75) is 54.9 Å². The molecule has 1 aliphatic carbocycles. The second-order valence-corrected chi connectivity index (χ2v) is 16.5. The smallest absolute Gasteiger partial charge is 0.410 e. The minimum absolute atomic E-state index is 0.0267. The molecular formula is C25H30BrNO2Si. The number of alkyl halides is 1. The molecule has 5 rings (SSSR count). The second-order valence-electron chi connectivity index (χ2n) is 9.70. The molecule has 0 saturated carbocycles. The Kier molecular flexibility index (Phi) is 5.71. The van der Waals surface area contributed by atoms with Gasteiger partial charge in [-0.25, -0.2) is 4.79 Å². The number of benzene rings is 2. The lowest BCUT2D eigenvalue weighted by molar-refractivity contribution is 0.0181. The van der Waals surface area contributed by atoms with Gasteiger partial charge >= 0.3 is 6.09 Å². The molecule has 0 aromatic heterocycles. The van der Waals surface area contributed by atoms with Gasteiger partial charge in [-0.2, -0.15) is 0 Å². The number of nitrogens with zero attached hydrogens (tertiary/aromatic N) is 1. The number of rotatable bonds is 5. The highest BCUT2D eigenvalue weighted by atomic mass is 79.9. The Morgan fingerprint density at radius 3 is 2.53 bits per heavy atom. The fourth-order valence-electron chi connectivity index (χ4n) is 5.37. The molecule has 2 aromatic carbocycles. The van der Waals surface area contributed by atoms with Gasteiger partial charge in [-0.15, -0.1) is 6.58 Å². The molecule has 3 aliphatic rings. The predicted octanol–water partition coefficient (Wildman–Crippen LogP) is 7.14. The van der Waals surface area contributed by atoms with Crippen LogP contribution in [0.25, 0.3) is 0 Å². The van der Waals surface area contributed by atoms with E-state index in [0.717, 1.165) is 12.8 Å². The van der Waals surface area contributed by atoms with Crippen LogP contribution in [0, 0.1) is 5.92 Å². The summed E-state index contributed by atoms with van der Waals surface area (Å²) in [4.78, 5) is 15.4. The normalized spacial score (nSPS) is 27.5. The monoisotopic (exact) mass is 483 g/mol. The van der Waals surface area contributed by atoms with E-state index in [2.05, 4.69) is 66.4 Å². The number of ether oxygens (including phenoxy) is 1. The van der Waals surface area contributed by atoms with E-state index < -0.39 is 8.07 Å². The van der Waals surface area contributed by atoms with Crippen molar-refractivity contribution in [2.75, 3.05) is 0 Å². The Balaban J connectivity index is 1.78. The first-order valence-electron chi connectivity index (χ1n) is 10.7. The number of carbonyl (C=O) groups is 1. The SMILES string of the molecule is C=CCC1N(C(=O)Oc2ccccc2)C2CC(C[Si](C)(C)C)C1(Br)c1ccccc12. The lowest BCUT2D eigenvalue weighted by Gasteiger charge is -2.60. The molecule has 0 N–H and O–H groups in total. The third-order valence-electron chi connectivity index (χ3n) is 6.40. The van der Waals surface area contributed by atoms with Crippen LogP contribution >= 0.6 is 15.9 Å². The number of carbonyl (C=O) groups excluding carboxylic acids is 1. The van der Waals surface area contributed by atoms with Crippen LogP contribution in [0.3, 0.4) is 0 Å². The summed E-state index contributed by atoms with van der Waals surface area (Å²) in [6.45, 7) is 11.3. The van der Waals surface area contributed by atoms with Gasteiger partial charge in [-0.1, -0.05) is 90.2 Å². The zero-order valence-electron chi connectivity index (χ0n) is 18.0. The van der Waals surface area contributed by atoms with Gasteiger partial charge in [0.15, 0.2) is 0 Å². The first-order valence-corrected chi connectivity index (χ1v) is 15.2. The minimum atomic E-state index is -1.30. The van der Waals surface area contributed by atoms with Gasteiger partial charge in [0.05, 0.1) is 16.4 Å². The maximum Gasteiger partial charge on any atom is 0.416 e. The number of fused-ring (bicyclic) bond motifs is 2. The zero-order valence-corrected chi connectivity index (χ0v) is 20.6. The van der Waals surface area contributed by atoms with Crippen LogP contribution in [0.1, 0.15) is 30.0 Å². The molecule has 30 heavy (non-hydrogen) atoms. The molecule has 1 fully saturated rings. The maximum absolute atomic E-state index is 13.4. The molecule has 2 bridgehead atoms. The van der Waals surface area contributed by atoms with Gasteiger partial charge < -0.3 is 4.74 Å². The van der Waals surface area contributed by atoms with Crippen molar-refractivity contribution >= 4 is 30.1 Å². The molecular weight excluding hydrogens is 454 g/mol. The Bertz CT molecular complexity index is 942. The standard InChI is InChI=1S/C25H30BrNO2Si/c1-5-11-23-25(26)18(17-30(2,3)4)16-22(20-14-9-10-15-21(20)25)27(23)24(28)29-19-12-7-6-8-13-19/h5-10,12-15,18,22-23H,1,11,16-17H2,2-4H3. The summed E-state index contributed by atoms with van der Waals surface area (Å²) in [6, 6.07) is 19.2. The highest BCUT2D eigenvalue weighted by molar-refractivity contribution is 9.09. The molecule has 2 aliphatic heterocycles. The fraction of sp³-hybridized carbons (Fsp3) is 0.400. The largest absolute Gasteiger partial charge is 0.416 e. The molecule has 1 amide bonds. The van der Waals surface area contributed by atoms with Gasteiger partial charge in [-0.3, -0.25) is 4.90 Å². The number of piperidine rings is 1. The van der Waals surface area contributed by atoms with Crippen molar-refractivity contribution in [3.63, 3.8) is 0 Å². The molecule has 3 nitrogen and oxygen atoms in total. The van der Waals surface area contributed by atoms with Crippen LogP contribution in [0.5, 0.6) is 5.75 Å². The van der Waals surface area contributed by atoms with E-state index >= 15 is 0 Å². The van der Waals surface area contributed by atoms with E-state index in [4.69, 9.17) is 4.74 Å². The zero-order chi connectivity index (χ0) is 21.5. The number of amides is 1. The van der Waals surface area contributed by atoms with E-state index in [-0.39, 0.29) is 22.5 Å². The maximum atomic E-state index is 13.4. The van der Waals surface area contributed by atoms with Crippen molar-refractivity contribution in [3.05, 3.63) is 78.4 Å². The number of hydrogen-bond donors (Lipinski definition) is 0. The number of halogens is 1. The van der Waals surface area contributed by atoms with Gasteiger partial charge in [0.2, 0.25) is 0 Å². The third-order valence-corrected chi connectivity index (χ3v) is 9.72. The van der Waals surface area contributed by atoms with E-state index in [1.54, 1.807) is 0 Å². The Morgan fingerprint density at radius 1 is 1.20 bits per heavy atom. The third kappa shape index (κ3) is 3.67. The van der Waals surface area contributed by atoms with E-state index in [0.29, 0.717) is 11.7 Å². The van der Waals surface area contributed by atoms with Crippen molar-refractivity contribution in [3.8, 4) is 5.75 Å². The van der Waals surface area contributed by atoms with Crippen LogP contribution in [-0.2, 0) is 4.32 Å². The molecule has 5 heteroatoms. The number of hydrogen-bond acceptors (Lipinski definition) is 2. The summed E-state index contributed by atoms with van der Waals surface area (Å²) in [7, 11) is -1.30. The molecule has 4 unspecified atom stereocenters. The minimum Gasteiger partial charge on any atom is -0.410 e. The molecule has 4 atom stereocenters. The highest BCUT2D eigenvalue weighted by Gasteiger charge is 2.60. The highest BCUT2D eigenvalue weighted by Crippen LogP contribution is 2.62. The summed E-state index contributed by atoms with van der Waals surface area (Å²) in [5.74, 6) is 1.06. The molecule has 1 saturated heterocycles. The van der Waals surface area contributed by atoms with Gasteiger partial charge in [0.25, 0.3) is 0 Å². The van der Waals surface area contributed by atoms with Crippen molar-refractivity contribution in [2.24, 2.45) is 5.92 Å². The Labute approximate surface area is 189 Å². The molecule has 2 heterocycles. The van der Waals surface area contributed by atoms with Crippen LogP contribution in [0.2, 0.25) is 25.7 Å². The van der Waals surface area contributed by atoms with Crippen LogP contribution in [0.15, 0.2) is 67.3 Å². The molecule has 0 spiro atoms. The summed E-state index contributed by atoms with van der Waals surface area (Å²) >= 11 is 4.24. The van der Waals surface area contributed by atoms with Crippen LogP contribution in [0.4, 0.5) is 4.79 Å². The lowest BCUT2D eigenvalue weighted by atomic mass is 9.64. The Morgan fingerprint density at radius 2 is 1.87 bits per heavy atom. The van der Waals surface area contributed by atoms with E-state index in [9.17, 15) is 4.79 Å². The fourth-order valence-corrected chi connectivity index (χ4v) is 8.75. The van der Waals surface area contributed by atoms with E-state index in [1.165, 1.54) is 17.2 Å². The average molecular weight is 485 g/mol. The Hall–Kier alpha value is -1.85. The summed E-state index contributed by atoms with van der Waals surface area (Å²) in [5, 5.41) is 0. The lowest BCUT2D eigenvalue weighted by Crippen LogP contribution is -2.63. The number of para-hydroxylation sites is 1. The summed E-state index contributed by atoms with van der Waals surface area (Å²) < 4.78 is 5.53. The van der Waals surface area contributed by atoms with Gasteiger partial charge in [-0.05, 0) is 42.0 Å². The van der Waals surface area contributed by atoms with Crippen LogP contribution in [-0.4, -0.2) is 25.1 Å². The topological polar surface area (TPSA) is 29.5 Å². The molecule has 158 valence electrons. The van der Waals surface area contributed by atoms with E-state index in [1.807, 2.05) is 41.3 Å². The summed E-state index contributed by atoms with van der Waals surface area (Å²) in [5.41, 5.74) is 2.58. The summed E-state index contributed by atoms with van der Waals surface area (Å²) in [6.07, 6.45) is 3.35. The van der Waals surface area contributed by atoms with Crippen molar-refractivity contribution in [1.29, 1.82) is 0 Å². The molecule has 0 radical (unpaired) electrons. The van der Waals surface area contributed by atoms with Crippen LogP contribution < -0.4 is 4.74 Å². The first-order chi connectivity index (χ1) is 14.3. The first kappa shape index (κ1) is 21.4. The van der Waals surface area contributed by atoms with Gasteiger partial charge in [0, 0.05) is 8.07 Å². The van der Waals surface area contributed by atoms with Gasteiger partial charge in [0.1, 0.15) is 5.75 Å². The quantitative estimate of drug-likeness (QED) is 0.257. The molecule has 2 aromatic rings. The average Bonchev–Trinajstić information content (AvgIpc) is 2.70.